The second-order valence-corrected chi connectivity index (χ2v) is 13.1. The average Bonchev–Trinajstić information content (AvgIpc) is 2.96. The van der Waals surface area contributed by atoms with Crippen LogP contribution in [-0.4, -0.2) is 6.10 Å². The van der Waals surface area contributed by atoms with E-state index >= 15 is 0 Å². The van der Waals surface area contributed by atoms with E-state index in [1.165, 1.54) is 6.42 Å². The highest BCUT2D eigenvalue weighted by atomic mass is 31.2. The molecule has 1 fully saturated rings. The Labute approximate surface area is 242 Å². The van der Waals surface area contributed by atoms with Crippen molar-refractivity contribution in [1.82, 2.24) is 0 Å². The van der Waals surface area contributed by atoms with E-state index in [0.717, 1.165) is 58.1 Å². The molecule has 1 aliphatic carbocycles. The Bertz CT molecular complexity index is 1540. The van der Waals surface area contributed by atoms with Gasteiger partial charge in [0.1, 0.15) is 34.5 Å². The van der Waals surface area contributed by atoms with Crippen LogP contribution in [0.5, 0.6) is 34.5 Å². The lowest BCUT2D eigenvalue weighted by molar-refractivity contribution is 0.0392. The zero-order valence-corrected chi connectivity index (χ0v) is 24.4. The lowest BCUT2D eigenvalue weighted by Gasteiger charge is -2.47. The van der Waals surface area contributed by atoms with Crippen molar-refractivity contribution in [2.24, 2.45) is 17.8 Å². The van der Waals surface area contributed by atoms with Crippen LogP contribution in [0.2, 0.25) is 0 Å². The Morgan fingerprint density at radius 3 is 1.76 bits per heavy atom. The SMILES string of the molecule is CC(C)[C@@H]1CC[C@@H](C)C[C@H]1OP1Oc2cccc3c2C2(c4ccccc4O3)c3ccccc3Oc3cccc(c32)O1. The summed E-state index contributed by atoms with van der Waals surface area (Å²) >= 11 is 0. The third kappa shape index (κ3) is 3.75. The van der Waals surface area contributed by atoms with E-state index < -0.39 is 14.0 Å². The number of ether oxygens (including phenoxy) is 2. The minimum atomic E-state index is -1.76. The predicted molar refractivity (Wildman–Crippen MR) is 159 cm³/mol. The Morgan fingerprint density at radius 2 is 1.20 bits per heavy atom. The van der Waals surface area contributed by atoms with Crippen LogP contribution in [0.1, 0.15) is 62.3 Å². The van der Waals surface area contributed by atoms with Gasteiger partial charge in [0.05, 0.1) is 22.6 Å². The first-order chi connectivity index (χ1) is 20.0. The molecule has 3 atom stereocenters. The number of benzene rings is 4. The topological polar surface area (TPSA) is 46.2 Å². The molecule has 4 aliphatic rings. The van der Waals surface area contributed by atoms with E-state index in [0.29, 0.717) is 29.3 Å². The van der Waals surface area contributed by atoms with Crippen molar-refractivity contribution in [1.29, 1.82) is 0 Å². The zero-order chi connectivity index (χ0) is 27.7. The first-order valence-electron chi connectivity index (χ1n) is 14.7. The molecule has 0 amide bonds. The highest BCUT2D eigenvalue weighted by Gasteiger charge is 2.55. The molecule has 4 aromatic carbocycles. The van der Waals surface area contributed by atoms with Crippen molar-refractivity contribution >= 4 is 8.60 Å². The van der Waals surface area contributed by atoms with Gasteiger partial charge in [-0.3, -0.25) is 4.52 Å². The summed E-state index contributed by atoms with van der Waals surface area (Å²) in [5.74, 6) is 6.17. The second-order valence-electron chi connectivity index (χ2n) is 12.1. The highest BCUT2D eigenvalue weighted by molar-refractivity contribution is 7.42. The Hall–Kier alpha value is -3.53. The van der Waals surface area contributed by atoms with Crippen LogP contribution < -0.4 is 18.5 Å². The lowest BCUT2D eigenvalue weighted by Crippen LogP contribution is -2.38. The van der Waals surface area contributed by atoms with Gasteiger partial charge < -0.3 is 18.5 Å². The first kappa shape index (κ1) is 25.2. The van der Waals surface area contributed by atoms with Gasteiger partial charge in [-0.05, 0) is 67.0 Å². The normalized spacial score (nSPS) is 23.2. The third-order valence-corrected chi connectivity index (χ3v) is 10.4. The van der Waals surface area contributed by atoms with E-state index in [4.69, 9.17) is 23.0 Å². The number of para-hydroxylation sites is 2. The summed E-state index contributed by atoms with van der Waals surface area (Å²) in [7, 11) is -1.76. The molecule has 0 unspecified atom stereocenters. The monoisotopic (exact) mass is 564 g/mol. The van der Waals surface area contributed by atoms with Gasteiger partial charge in [-0.15, -0.1) is 0 Å². The van der Waals surface area contributed by atoms with Crippen LogP contribution in [0.15, 0.2) is 84.9 Å². The molecule has 4 aromatic rings. The summed E-state index contributed by atoms with van der Waals surface area (Å²) < 4.78 is 33.7. The van der Waals surface area contributed by atoms with Crippen molar-refractivity contribution < 1.29 is 23.0 Å². The second kappa shape index (κ2) is 9.51. The standard InChI is InChI=1S/C35H33O5P/c1-21(2)23-19-18-22(3)20-32(23)40-41-38-30-16-8-14-28-33(30)35(24-10-4-6-12-26(24)36-28)25-11-5-7-13-27(25)37-29-15-9-17-31(39-41)34(29)35/h4-17,21-23,32H,18-20H2,1-3H3/t22-,23+,32-,35?/m1/s1. The lowest BCUT2D eigenvalue weighted by atomic mass is 9.62. The third-order valence-electron chi connectivity index (χ3n) is 9.28. The van der Waals surface area contributed by atoms with Gasteiger partial charge in [-0.25, -0.2) is 0 Å². The van der Waals surface area contributed by atoms with E-state index in [9.17, 15) is 0 Å². The van der Waals surface area contributed by atoms with Gasteiger partial charge >= 0.3 is 8.60 Å². The van der Waals surface area contributed by atoms with Gasteiger partial charge in [0.2, 0.25) is 0 Å². The summed E-state index contributed by atoms with van der Waals surface area (Å²) in [5, 5.41) is 0. The van der Waals surface area contributed by atoms with E-state index in [1.807, 2.05) is 60.7 Å². The highest BCUT2D eigenvalue weighted by Crippen LogP contribution is 2.67. The number of rotatable bonds is 3. The smallest absolute Gasteiger partial charge is 0.457 e. The van der Waals surface area contributed by atoms with Crippen molar-refractivity contribution in [3.8, 4) is 34.5 Å². The molecule has 1 saturated carbocycles. The number of hydrogen-bond donors (Lipinski definition) is 0. The summed E-state index contributed by atoms with van der Waals surface area (Å²) in [5.41, 5.74) is 3.22. The van der Waals surface area contributed by atoms with Gasteiger partial charge in [0, 0.05) is 11.1 Å². The minimum Gasteiger partial charge on any atom is -0.457 e. The van der Waals surface area contributed by atoms with Gasteiger partial charge in [-0.2, -0.15) is 0 Å². The molecule has 3 aliphatic heterocycles. The van der Waals surface area contributed by atoms with Crippen LogP contribution in [0.25, 0.3) is 0 Å². The van der Waals surface area contributed by atoms with Gasteiger partial charge in [-0.1, -0.05) is 75.7 Å². The van der Waals surface area contributed by atoms with E-state index in [2.05, 4.69) is 45.0 Å². The molecule has 0 aromatic heterocycles. The molecule has 41 heavy (non-hydrogen) atoms. The van der Waals surface area contributed by atoms with Crippen molar-refractivity contribution in [3.05, 3.63) is 107 Å². The first-order valence-corrected chi connectivity index (χ1v) is 15.8. The molecule has 208 valence electrons. The molecule has 8 rings (SSSR count). The Kier molecular flexibility index (Phi) is 5.84. The summed E-state index contributed by atoms with van der Waals surface area (Å²) in [6.07, 6.45) is 3.47. The van der Waals surface area contributed by atoms with Crippen LogP contribution in [0.3, 0.4) is 0 Å². The number of fused-ring (bicyclic) bond motifs is 2. The summed E-state index contributed by atoms with van der Waals surface area (Å²) in [4.78, 5) is 0. The summed E-state index contributed by atoms with van der Waals surface area (Å²) in [6, 6.07) is 28.6. The largest absolute Gasteiger partial charge is 0.463 e. The summed E-state index contributed by atoms with van der Waals surface area (Å²) in [6.45, 7) is 6.91. The molecule has 5 nitrogen and oxygen atoms in total. The molecular formula is C35H33O5P. The van der Waals surface area contributed by atoms with Crippen molar-refractivity contribution in [2.45, 2.75) is 51.6 Å². The van der Waals surface area contributed by atoms with Gasteiger partial charge in [0.25, 0.3) is 0 Å². The quantitative estimate of drug-likeness (QED) is 0.200. The van der Waals surface area contributed by atoms with E-state index in [1.54, 1.807) is 0 Å². The average molecular weight is 565 g/mol. The molecular weight excluding hydrogens is 531 g/mol. The maximum absolute atomic E-state index is 6.85. The van der Waals surface area contributed by atoms with Crippen LogP contribution >= 0.6 is 8.60 Å². The Morgan fingerprint density at radius 1 is 0.683 bits per heavy atom. The maximum Gasteiger partial charge on any atom is 0.463 e. The molecule has 6 heteroatoms. The number of hydrogen-bond acceptors (Lipinski definition) is 5. The molecule has 1 spiro atoms. The van der Waals surface area contributed by atoms with Gasteiger partial charge in [0.15, 0.2) is 0 Å². The van der Waals surface area contributed by atoms with Crippen LogP contribution in [0.4, 0.5) is 0 Å². The fourth-order valence-corrected chi connectivity index (χ4v) is 8.64. The minimum absolute atomic E-state index is 0.0714. The Balaban J connectivity index is 1.37. The predicted octanol–water partition coefficient (Wildman–Crippen LogP) is 9.76. The van der Waals surface area contributed by atoms with Crippen LogP contribution in [-0.2, 0) is 9.94 Å². The fraction of sp³-hybridized carbons (Fsp3) is 0.314. The van der Waals surface area contributed by atoms with Crippen molar-refractivity contribution in [3.63, 3.8) is 0 Å². The molecule has 0 radical (unpaired) electrons. The molecule has 3 heterocycles. The maximum atomic E-state index is 6.85. The van der Waals surface area contributed by atoms with E-state index in [-0.39, 0.29) is 6.10 Å². The molecule has 0 N–H and O–H groups in total. The fourth-order valence-electron chi connectivity index (χ4n) is 7.43. The molecule has 0 saturated heterocycles. The zero-order valence-electron chi connectivity index (χ0n) is 23.5. The van der Waals surface area contributed by atoms with Crippen LogP contribution in [0, 0.1) is 17.8 Å². The molecule has 0 bridgehead atoms. The van der Waals surface area contributed by atoms with Crippen molar-refractivity contribution in [2.75, 3.05) is 0 Å².